The molecule has 1 saturated heterocycles. The van der Waals surface area contributed by atoms with E-state index in [-0.39, 0.29) is 27.5 Å². The number of aryl methyl sites for hydroxylation is 1. The fraction of sp³-hybridized carbons (Fsp3) is 0.350. The summed E-state index contributed by atoms with van der Waals surface area (Å²) in [5, 5.41) is 3.07. The van der Waals surface area contributed by atoms with E-state index in [0.717, 1.165) is 22.7 Å². The van der Waals surface area contributed by atoms with Crippen molar-refractivity contribution >= 4 is 33.2 Å². The van der Waals surface area contributed by atoms with E-state index in [1.54, 1.807) is 30.3 Å². The summed E-state index contributed by atoms with van der Waals surface area (Å²) in [6.07, 6.45) is 1.90. The summed E-state index contributed by atoms with van der Waals surface area (Å²) in [6, 6.07) is 11.2. The van der Waals surface area contributed by atoms with Crippen LogP contribution in [0.4, 0.5) is 5.69 Å². The van der Waals surface area contributed by atoms with Gasteiger partial charge < -0.3 is 10.1 Å². The van der Waals surface area contributed by atoms with Crippen molar-refractivity contribution in [2.75, 3.05) is 24.5 Å². The largest absolute Gasteiger partial charge is 0.376 e. The lowest BCUT2D eigenvalue weighted by molar-refractivity contribution is 0.0858. The molecule has 1 aliphatic heterocycles. The van der Waals surface area contributed by atoms with Gasteiger partial charge in [-0.2, -0.15) is 0 Å². The molecule has 28 heavy (non-hydrogen) atoms. The van der Waals surface area contributed by atoms with Crippen molar-refractivity contribution < 1.29 is 17.9 Å². The normalized spacial score (nSPS) is 16.8. The fourth-order valence-corrected chi connectivity index (χ4v) is 4.39. The Hall–Kier alpha value is -2.09. The van der Waals surface area contributed by atoms with Crippen LogP contribution in [-0.4, -0.2) is 40.6 Å². The van der Waals surface area contributed by atoms with Crippen molar-refractivity contribution in [3.63, 3.8) is 0 Å². The Morgan fingerprint density at radius 3 is 2.61 bits per heavy atom. The molecule has 0 aliphatic carbocycles. The highest BCUT2D eigenvalue weighted by atomic mass is 35.5. The van der Waals surface area contributed by atoms with Gasteiger partial charge in [0, 0.05) is 20.2 Å². The van der Waals surface area contributed by atoms with Crippen molar-refractivity contribution in [1.29, 1.82) is 0 Å². The molecule has 8 heteroatoms. The molecule has 1 unspecified atom stereocenters. The highest BCUT2D eigenvalue weighted by molar-refractivity contribution is 7.92. The molecule has 1 heterocycles. The molecule has 1 fully saturated rings. The maximum Gasteiger partial charge on any atom is 0.264 e. The lowest BCUT2D eigenvalue weighted by Gasteiger charge is -2.21. The number of amides is 1. The summed E-state index contributed by atoms with van der Waals surface area (Å²) in [4.78, 5) is 12.7. The standard InChI is InChI=1S/C20H23ClN2O4S/c1-14-5-8-17(9-6-14)28(25,26)23(2)15-7-10-19(21)18(12-15)20(24)22-13-16-4-3-11-27-16/h5-10,12,16H,3-4,11,13H2,1-2H3,(H,22,24). The monoisotopic (exact) mass is 422 g/mol. The van der Waals surface area contributed by atoms with E-state index in [1.165, 1.54) is 19.2 Å². The molecule has 0 bridgehead atoms. The maximum absolute atomic E-state index is 12.9. The average molecular weight is 423 g/mol. The minimum absolute atomic E-state index is 0.00972. The van der Waals surface area contributed by atoms with Gasteiger partial charge in [0.15, 0.2) is 0 Å². The zero-order chi connectivity index (χ0) is 20.3. The number of sulfonamides is 1. The van der Waals surface area contributed by atoms with Gasteiger partial charge in [0.2, 0.25) is 0 Å². The van der Waals surface area contributed by atoms with Gasteiger partial charge in [0.1, 0.15) is 0 Å². The Bertz CT molecular complexity index is 955. The third kappa shape index (κ3) is 4.48. The van der Waals surface area contributed by atoms with Gasteiger partial charge in [0.25, 0.3) is 15.9 Å². The van der Waals surface area contributed by atoms with Crippen LogP contribution < -0.4 is 9.62 Å². The third-order valence-corrected chi connectivity index (χ3v) is 6.88. The van der Waals surface area contributed by atoms with Gasteiger partial charge in [-0.15, -0.1) is 0 Å². The molecule has 150 valence electrons. The Balaban J connectivity index is 1.81. The van der Waals surface area contributed by atoms with E-state index in [9.17, 15) is 13.2 Å². The number of hydrogen-bond acceptors (Lipinski definition) is 4. The smallest absolute Gasteiger partial charge is 0.264 e. The molecule has 0 spiro atoms. The minimum atomic E-state index is -3.75. The zero-order valence-corrected chi connectivity index (χ0v) is 17.4. The van der Waals surface area contributed by atoms with Gasteiger partial charge in [0.05, 0.1) is 27.3 Å². The molecular weight excluding hydrogens is 400 g/mol. The lowest BCUT2D eigenvalue weighted by atomic mass is 10.1. The topological polar surface area (TPSA) is 75.7 Å². The van der Waals surface area contributed by atoms with Crippen molar-refractivity contribution in [2.45, 2.75) is 30.8 Å². The summed E-state index contributed by atoms with van der Waals surface area (Å²) >= 11 is 6.18. The van der Waals surface area contributed by atoms with E-state index < -0.39 is 10.0 Å². The van der Waals surface area contributed by atoms with Gasteiger partial charge in [-0.1, -0.05) is 29.3 Å². The summed E-state index contributed by atoms with van der Waals surface area (Å²) in [5.41, 5.74) is 1.55. The maximum atomic E-state index is 12.9. The van der Waals surface area contributed by atoms with Crippen LogP contribution in [0.15, 0.2) is 47.4 Å². The first-order valence-electron chi connectivity index (χ1n) is 9.04. The number of halogens is 1. The van der Waals surface area contributed by atoms with Crippen molar-refractivity contribution in [3.05, 3.63) is 58.6 Å². The molecule has 2 aromatic carbocycles. The molecule has 1 amide bonds. The molecule has 1 aliphatic rings. The number of rotatable bonds is 6. The van der Waals surface area contributed by atoms with Crippen LogP contribution in [0.3, 0.4) is 0 Å². The van der Waals surface area contributed by atoms with E-state index >= 15 is 0 Å². The number of anilines is 1. The number of carbonyl (C=O) groups excluding carboxylic acids is 1. The predicted octanol–water partition coefficient (Wildman–Crippen LogP) is 3.38. The van der Waals surface area contributed by atoms with Crippen LogP contribution in [0, 0.1) is 6.92 Å². The predicted molar refractivity (Wildman–Crippen MR) is 110 cm³/mol. The molecule has 2 aromatic rings. The highest BCUT2D eigenvalue weighted by Gasteiger charge is 2.23. The van der Waals surface area contributed by atoms with Crippen molar-refractivity contribution in [1.82, 2.24) is 5.32 Å². The molecule has 3 rings (SSSR count). The van der Waals surface area contributed by atoms with Crippen LogP contribution in [0.1, 0.15) is 28.8 Å². The summed E-state index contributed by atoms with van der Waals surface area (Å²) < 4.78 is 32.4. The summed E-state index contributed by atoms with van der Waals surface area (Å²) in [5.74, 6) is -0.358. The Labute approximate surface area is 170 Å². The van der Waals surface area contributed by atoms with Crippen LogP contribution in [-0.2, 0) is 14.8 Å². The number of hydrogen-bond donors (Lipinski definition) is 1. The highest BCUT2D eigenvalue weighted by Crippen LogP contribution is 2.27. The Morgan fingerprint density at radius 2 is 1.96 bits per heavy atom. The minimum Gasteiger partial charge on any atom is -0.376 e. The molecule has 0 radical (unpaired) electrons. The van der Waals surface area contributed by atoms with Crippen LogP contribution in [0.25, 0.3) is 0 Å². The van der Waals surface area contributed by atoms with Gasteiger partial charge in [-0.3, -0.25) is 9.10 Å². The number of nitrogens with zero attached hydrogens (tertiary/aromatic N) is 1. The van der Waals surface area contributed by atoms with E-state index in [2.05, 4.69) is 5.32 Å². The van der Waals surface area contributed by atoms with Crippen molar-refractivity contribution in [3.8, 4) is 0 Å². The Kier molecular flexibility index (Phi) is 6.27. The zero-order valence-electron chi connectivity index (χ0n) is 15.8. The van der Waals surface area contributed by atoms with E-state index in [0.29, 0.717) is 18.8 Å². The second-order valence-electron chi connectivity index (χ2n) is 6.79. The molecule has 0 aromatic heterocycles. The molecule has 1 N–H and O–H groups in total. The number of nitrogens with one attached hydrogen (secondary N) is 1. The second-order valence-corrected chi connectivity index (χ2v) is 9.17. The van der Waals surface area contributed by atoms with Crippen molar-refractivity contribution in [2.24, 2.45) is 0 Å². The number of carbonyl (C=O) groups is 1. The first kappa shape index (κ1) is 20.6. The number of ether oxygens (including phenoxy) is 1. The van der Waals surface area contributed by atoms with Crippen LogP contribution in [0.5, 0.6) is 0 Å². The summed E-state index contributed by atoms with van der Waals surface area (Å²) in [6.45, 7) is 3.00. The van der Waals surface area contributed by atoms with Gasteiger partial charge in [-0.25, -0.2) is 8.42 Å². The Morgan fingerprint density at radius 1 is 1.25 bits per heavy atom. The quantitative estimate of drug-likeness (QED) is 0.774. The molecular formula is C20H23ClN2O4S. The lowest BCUT2D eigenvalue weighted by Crippen LogP contribution is -2.32. The molecule has 1 atom stereocenters. The molecule has 6 nitrogen and oxygen atoms in total. The van der Waals surface area contributed by atoms with Crippen LogP contribution >= 0.6 is 11.6 Å². The fourth-order valence-electron chi connectivity index (χ4n) is 3.00. The van der Waals surface area contributed by atoms with E-state index in [4.69, 9.17) is 16.3 Å². The van der Waals surface area contributed by atoms with Gasteiger partial charge >= 0.3 is 0 Å². The second kappa shape index (κ2) is 8.51. The van der Waals surface area contributed by atoms with Gasteiger partial charge in [-0.05, 0) is 50.1 Å². The average Bonchev–Trinajstić information content (AvgIpc) is 3.20. The molecule has 0 saturated carbocycles. The SMILES string of the molecule is Cc1ccc(S(=O)(=O)N(C)c2ccc(Cl)c(C(=O)NCC3CCCO3)c2)cc1. The third-order valence-electron chi connectivity index (χ3n) is 4.75. The van der Waals surface area contributed by atoms with Crippen LogP contribution in [0.2, 0.25) is 5.02 Å². The van der Waals surface area contributed by atoms with E-state index in [1.807, 2.05) is 6.92 Å². The first-order valence-corrected chi connectivity index (χ1v) is 10.9. The first-order chi connectivity index (χ1) is 13.3. The summed E-state index contributed by atoms with van der Waals surface area (Å²) in [7, 11) is -2.30. The number of benzene rings is 2.